The summed E-state index contributed by atoms with van der Waals surface area (Å²) in [7, 11) is 3.87. The van der Waals surface area contributed by atoms with Gasteiger partial charge in [0.25, 0.3) is 5.91 Å². The molecule has 1 atom stereocenters. The number of aromatic nitrogens is 3. The van der Waals surface area contributed by atoms with Gasteiger partial charge in [-0.15, -0.1) is 10.2 Å². The summed E-state index contributed by atoms with van der Waals surface area (Å²) < 4.78 is 49.4. The van der Waals surface area contributed by atoms with Crippen LogP contribution in [0.4, 0.5) is 23.7 Å². The maximum atomic E-state index is 14.0. The van der Waals surface area contributed by atoms with E-state index < -0.39 is 23.2 Å². The first-order valence-corrected chi connectivity index (χ1v) is 16.8. The Bertz CT molecular complexity index is 1570. The molecule has 1 aromatic heterocycles. The van der Waals surface area contributed by atoms with E-state index in [1.165, 1.54) is 30.2 Å². The highest BCUT2D eigenvalue weighted by atomic mass is 19.4. The number of rotatable bonds is 8. The number of fused-ring (bicyclic) bond motifs is 1. The Morgan fingerprint density at radius 2 is 1.79 bits per heavy atom. The van der Waals surface area contributed by atoms with Gasteiger partial charge in [0.05, 0.1) is 12.1 Å². The van der Waals surface area contributed by atoms with Crippen LogP contribution in [0.15, 0.2) is 48.8 Å². The average molecular weight is 669 g/mol. The molecule has 6 rings (SSSR count). The molecule has 2 aliphatic heterocycles. The van der Waals surface area contributed by atoms with E-state index in [4.69, 9.17) is 4.74 Å². The van der Waals surface area contributed by atoms with Gasteiger partial charge in [0, 0.05) is 44.4 Å². The standard InChI is InChI=1S/C28H34F3N3O3.C8H13N3/c1-27(2,3)37-26(36)33-13-11-19(17-33)10-12-32(4)16-20-14-22-23(24(15-20)28(29,30)31)18-34(25(22)35)21-8-6-5-7-9-21;1-11-6-9-10-8(11)5-7-3-2-4-7/h5-9,14-15,19H,10-13,16-18H2,1-4H3;6-7H,2-5H2,1H3. The fourth-order valence-electron chi connectivity index (χ4n) is 6.43. The van der Waals surface area contributed by atoms with Crippen LogP contribution in [0.1, 0.15) is 85.7 Å². The number of benzene rings is 2. The molecule has 2 amide bonds. The van der Waals surface area contributed by atoms with Crippen molar-refractivity contribution in [2.45, 2.75) is 84.2 Å². The van der Waals surface area contributed by atoms with Gasteiger partial charge < -0.3 is 24.0 Å². The second-order valence-electron chi connectivity index (χ2n) is 14.4. The highest BCUT2D eigenvalue weighted by molar-refractivity contribution is 6.10. The van der Waals surface area contributed by atoms with Crippen LogP contribution in [-0.2, 0) is 37.5 Å². The maximum Gasteiger partial charge on any atom is 0.416 e. The lowest BCUT2D eigenvalue weighted by molar-refractivity contribution is -0.138. The lowest BCUT2D eigenvalue weighted by Crippen LogP contribution is -2.35. The first-order valence-electron chi connectivity index (χ1n) is 16.8. The van der Waals surface area contributed by atoms with Crippen molar-refractivity contribution in [3.05, 3.63) is 76.9 Å². The predicted octanol–water partition coefficient (Wildman–Crippen LogP) is 7.10. The maximum absolute atomic E-state index is 14.0. The summed E-state index contributed by atoms with van der Waals surface area (Å²) in [6.07, 6.45) is 3.88. The molecule has 1 saturated heterocycles. The Labute approximate surface area is 281 Å². The molecular weight excluding hydrogens is 621 g/mol. The number of halogens is 3. The average Bonchev–Trinajstić information content (AvgIpc) is 3.72. The molecule has 3 aliphatic rings. The van der Waals surface area contributed by atoms with Gasteiger partial charge in [0.1, 0.15) is 17.8 Å². The van der Waals surface area contributed by atoms with Crippen LogP contribution in [0.5, 0.6) is 0 Å². The van der Waals surface area contributed by atoms with Crippen molar-refractivity contribution in [2.75, 3.05) is 31.6 Å². The molecule has 9 nitrogen and oxygen atoms in total. The minimum absolute atomic E-state index is 0.0287. The molecule has 0 spiro atoms. The van der Waals surface area contributed by atoms with Crippen LogP contribution < -0.4 is 4.90 Å². The number of anilines is 1. The first-order chi connectivity index (χ1) is 22.7. The number of hydrogen-bond donors (Lipinski definition) is 0. The minimum Gasteiger partial charge on any atom is -0.444 e. The smallest absolute Gasteiger partial charge is 0.416 e. The molecule has 3 aromatic rings. The van der Waals surface area contributed by atoms with E-state index in [9.17, 15) is 22.8 Å². The third-order valence-electron chi connectivity index (χ3n) is 9.29. The summed E-state index contributed by atoms with van der Waals surface area (Å²) in [5, 5.41) is 7.90. The summed E-state index contributed by atoms with van der Waals surface area (Å²) in [4.78, 5) is 30.5. The number of aryl methyl sites for hydroxylation is 1. The fraction of sp³-hybridized carbons (Fsp3) is 0.556. The number of para-hydroxylation sites is 1. The zero-order valence-electron chi connectivity index (χ0n) is 28.6. The quantitative estimate of drug-likeness (QED) is 0.255. The lowest BCUT2D eigenvalue weighted by Gasteiger charge is -2.24. The van der Waals surface area contributed by atoms with Gasteiger partial charge in [-0.1, -0.05) is 37.5 Å². The molecule has 0 radical (unpaired) electrons. The Kier molecular flexibility index (Phi) is 10.8. The van der Waals surface area contributed by atoms with E-state index in [1.54, 1.807) is 47.6 Å². The Morgan fingerprint density at radius 3 is 2.40 bits per heavy atom. The number of hydrogen-bond acceptors (Lipinski definition) is 6. The number of carbonyl (C=O) groups is 2. The summed E-state index contributed by atoms with van der Waals surface area (Å²) in [6, 6.07) is 11.5. The number of ether oxygens (including phenoxy) is 1. The van der Waals surface area contributed by atoms with Gasteiger partial charge in [0.15, 0.2) is 0 Å². The summed E-state index contributed by atoms with van der Waals surface area (Å²) >= 11 is 0. The summed E-state index contributed by atoms with van der Waals surface area (Å²) in [5.41, 5.74) is -0.109. The number of amides is 2. The molecule has 2 fully saturated rings. The van der Waals surface area contributed by atoms with Crippen molar-refractivity contribution in [3.63, 3.8) is 0 Å². The second-order valence-corrected chi connectivity index (χ2v) is 14.4. The third kappa shape index (κ3) is 8.94. The topological polar surface area (TPSA) is 83.8 Å². The van der Waals surface area contributed by atoms with Crippen LogP contribution in [0.2, 0.25) is 0 Å². The second kappa shape index (κ2) is 14.7. The van der Waals surface area contributed by atoms with Gasteiger partial charge in [-0.25, -0.2) is 4.79 Å². The van der Waals surface area contributed by atoms with E-state index in [-0.39, 0.29) is 30.3 Å². The Balaban J connectivity index is 0.000000343. The summed E-state index contributed by atoms with van der Waals surface area (Å²) in [6.45, 7) is 7.62. The largest absolute Gasteiger partial charge is 0.444 e. The summed E-state index contributed by atoms with van der Waals surface area (Å²) in [5.74, 6) is 1.92. The molecule has 1 aliphatic carbocycles. The van der Waals surface area contributed by atoms with Crippen molar-refractivity contribution in [1.82, 2.24) is 24.6 Å². The molecule has 3 heterocycles. The third-order valence-corrected chi connectivity index (χ3v) is 9.29. The molecule has 12 heteroatoms. The van der Waals surface area contributed by atoms with Gasteiger partial charge >= 0.3 is 12.3 Å². The van der Waals surface area contributed by atoms with E-state index in [0.717, 1.165) is 31.0 Å². The Hall–Kier alpha value is -3.93. The monoisotopic (exact) mass is 668 g/mol. The van der Waals surface area contributed by atoms with E-state index in [1.807, 2.05) is 44.3 Å². The normalized spacial score (nSPS) is 18.1. The Morgan fingerprint density at radius 1 is 1.06 bits per heavy atom. The molecule has 0 N–H and O–H groups in total. The molecule has 1 saturated carbocycles. The molecule has 260 valence electrons. The van der Waals surface area contributed by atoms with Gasteiger partial charge in [-0.05, 0) is 94.4 Å². The molecule has 48 heavy (non-hydrogen) atoms. The highest BCUT2D eigenvalue weighted by Crippen LogP contribution is 2.39. The van der Waals surface area contributed by atoms with Crippen LogP contribution >= 0.6 is 0 Å². The number of nitrogens with zero attached hydrogens (tertiary/aromatic N) is 6. The van der Waals surface area contributed by atoms with Gasteiger partial charge in [-0.2, -0.15) is 13.2 Å². The number of alkyl halides is 3. The van der Waals surface area contributed by atoms with Crippen LogP contribution in [-0.4, -0.2) is 68.8 Å². The minimum atomic E-state index is -4.55. The van der Waals surface area contributed by atoms with Crippen molar-refractivity contribution in [3.8, 4) is 0 Å². The van der Waals surface area contributed by atoms with Crippen molar-refractivity contribution in [2.24, 2.45) is 18.9 Å². The van der Waals surface area contributed by atoms with E-state index >= 15 is 0 Å². The molecule has 1 unspecified atom stereocenters. The number of carbonyl (C=O) groups excluding carboxylic acids is 2. The van der Waals surface area contributed by atoms with Crippen LogP contribution in [0.3, 0.4) is 0 Å². The predicted molar refractivity (Wildman–Crippen MR) is 177 cm³/mol. The van der Waals surface area contributed by atoms with Crippen molar-refractivity contribution >= 4 is 17.7 Å². The van der Waals surface area contributed by atoms with Gasteiger partial charge in [-0.3, -0.25) is 4.79 Å². The van der Waals surface area contributed by atoms with Crippen LogP contribution in [0, 0.1) is 11.8 Å². The SMILES string of the molecule is CN(CCC1CCN(C(=O)OC(C)(C)C)C1)Cc1cc2c(c(C(F)(F)F)c1)CN(c1ccccc1)C2=O.Cn1cnnc1CC1CCC1. The van der Waals surface area contributed by atoms with E-state index in [0.29, 0.717) is 36.8 Å². The van der Waals surface area contributed by atoms with Gasteiger partial charge in [0.2, 0.25) is 0 Å². The van der Waals surface area contributed by atoms with Crippen LogP contribution in [0.25, 0.3) is 0 Å². The lowest BCUT2D eigenvalue weighted by atomic mass is 9.83. The van der Waals surface area contributed by atoms with Crippen molar-refractivity contribution in [1.29, 1.82) is 0 Å². The first kappa shape index (κ1) is 35.4. The van der Waals surface area contributed by atoms with E-state index in [2.05, 4.69) is 10.2 Å². The highest BCUT2D eigenvalue weighted by Gasteiger charge is 2.40. The molecule has 0 bridgehead atoms. The molecule has 2 aromatic carbocycles. The van der Waals surface area contributed by atoms with Crippen molar-refractivity contribution < 1.29 is 27.5 Å². The fourth-order valence-corrected chi connectivity index (χ4v) is 6.43. The molecular formula is C36H47F3N6O3. The zero-order valence-corrected chi connectivity index (χ0v) is 28.6. The number of likely N-dealkylation sites (tertiary alicyclic amines) is 1. The zero-order chi connectivity index (χ0) is 34.6.